The van der Waals surface area contributed by atoms with Gasteiger partial charge in [-0.2, -0.15) is 0 Å². The summed E-state index contributed by atoms with van der Waals surface area (Å²) in [6, 6.07) is 0. The van der Waals surface area contributed by atoms with Crippen LogP contribution in [-0.4, -0.2) is 39.8 Å². The molecule has 20 heavy (non-hydrogen) atoms. The van der Waals surface area contributed by atoms with Gasteiger partial charge in [-0.05, 0) is 64.6 Å². The lowest BCUT2D eigenvalue weighted by atomic mass is 9.86. The van der Waals surface area contributed by atoms with E-state index < -0.39 is 5.60 Å². The molecule has 1 unspecified atom stereocenters. The van der Waals surface area contributed by atoms with Crippen molar-refractivity contribution < 1.29 is 14.6 Å². The van der Waals surface area contributed by atoms with Crippen LogP contribution in [-0.2, 0) is 4.74 Å². The molecule has 1 heterocycles. The normalized spacial score (nSPS) is 18.7. The fourth-order valence-corrected chi connectivity index (χ4v) is 2.79. The largest absolute Gasteiger partial charge is 0.502 e. The van der Waals surface area contributed by atoms with Crippen LogP contribution in [0.3, 0.4) is 0 Å². The van der Waals surface area contributed by atoms with E-state index in [9.17, 15) is 9.90 Å². The lowest BCUT2D eigenvalue weighted by Gasteiger charge is -2.34. The van der Waals surface area contributed by atoms with Gasteiger partial charge in [-0.3, -0.25) is 0 Å². The van der Waals surface area contributed by atoms with Crippen molar-refractivity contribution in [2.45, 2.75) is 59.0 Å². The number of amides is 1. The summed E-state index contributed by atoms with van der Waals surface area (Å²) in [4.78, 5) is 13.7. The van der Waals surface area contributed by atoms with Crippen molar-refractivity contribution in [3.05, 3.63) is 0 Å². The Hall–Kier alpha value is -0.840. The first-order valence-corrected chi connectivity index (χ1v) is 7.84. The SMILES string of the molecule is CCC(CC1CCN(C(=O)OC(C)(C)C)CC1)C(O)=S. The van der Waals surface area contributed by atoms with Crippen molar-refractivity contribution in [3.63, 3.8) is 0 Å². The number of carbonyl (C=O) groups excluding carboxylic acids is 1. The second-order valence-electron chi connectivity index (χ2n) is 6.59. The Balaban J connectivity index is 2.40. The molecule has 4 nitrogen and oxygen atoms in total. The summed E-state index contributed by atoms with van der Waals surface area (Å²) >= 11 is 4.88. The van der Waals surface area contributed by atoms with E-state index >= 15 is 0 Å². The van der Waals surface area contributed by atoms with E-state index in [4.69, 9.17) is 17.0 Å². The Morgan fingerprint density at radius 3 is 2.35 bits per heavy atom. The van der Waals surface area contributed by atoms with Crippen molar-refractivity contribution in [1.82, 2.24) is 4.90 Å². The number of likely N-dealkylation sites (tertiary alicyclic amines) is 1. The molecule has 1 aliphatic heterocycles. The number of aliphatic hydroxyl groups excluding tert-OH is 1. The second kappa shape index (κ2) is 7.25. The predicted octanol–water partition coefficient (Wildman–Crippen LogP) is 3.94. The number of hydrogen-bond acceptors (Lipinski definition) is 3. The Bertz CT molecular complexity index is 344. The van der Waals surface area contributed by atoms with E-state index in [1.165, 1.54) is 0 Å². The van der Waals surface area contributed by atoms with Gasteiger partial charge in [0.15, 0.2) is 5.05 Å². The number of nitrogens with zero attached hydrogens (tertiary/aromatic N) is 1. The van der Waals surface area contributed by atoms with E-state index in [1.54, 1.807) is 4.90 Å². The van der Waals surface area contributed by atoms with Gasteiger partial charge in [-0.1, -0.05) is 6.92 Å². The average molecular weight is 301 g/mol. The first-order valence-electron chi connectivity index (χ1n) is 7.43. The van der Waals surface area contributed by atoms with Crippen molar-refractivity contribution in [3.8, 4) is 0 Å². The standard InChI is InChI=1S/C15H27NO3S/c1-5-12(13(17)20)10-11-6-8-16(9-7-11)14(18)19-15(2,3)4/h11-12H,5-10H2,1-4H3,(H,17,20). The molecule has 1 amide bonds. The summed E-state index contributed by atoms with van der Waals surface area (Å²) in [6.45, 7) is 9.15. The molecule has 0 aliphatic carbocycles. The summed E-state index contributed by atoms with van der Waals surface area (Å²) in [7, 11) is 0. The summed E-state index contributed by atoms with van der Waals surface area (Å²) in [5.74, 6) is 0.645. The molecular weight excluding hydrogens is 274 g/mol. The van der Waals surface area contributed by atoms with Crippen molar-refractivity contribution in [1.29, 1.82) is 0 Å². The van der Waals surface area contributed by atoms with Gasteiger partial charge in [0, 0.05) is 19.0 Å². The van der Waals surface area contributed by atoms with E-state index in [-0.39, 0.29) is 17.1 Å². The molecule has 1 saturated heterocycles. The van der Waals surface area contributed by atoms with Gasteiger partial charge in [0.1, 0.15) is 5.60 Å². The van der Waals surface area contributed by atoms with Crippen molar-refractivity contribution in [2.75, 3.05) is 13.1 Å². The molecule has 0 spiro atoms. The van der Waals surface area contributed by atoms with Gasteiger partial charge in [0.05, 0.1) is 0 Å². The van der Waals surface area contributed by atoms with Gasteiger partial charge in [0.25, 0.3) is 0 Å². The molecule has 0 aromatic rings. The Morgan fingerprint density at radius 1 is 1.40 bits per heavy atom. The van der Waals surface area contributed by atoms with Gasteiger partial charge in [-0.25, -0.2) is 4.79 Å². The summed E-state index contributed by atoms with van der Waals surface area (Å²) in [5.41, 5.74) is -0.440. The van der Waals surface area contributed by atoms with Crippen LogP contribution >= 0.6 is 12.2 Å². The third-order valence-corrected chi connectivity index (χ3v) is 4.06. The van der Waals surface area contributed by atoms with Crippen LogP contribution in [0.4, 0.5) is 4.79 Å². The topological polar surface area (TPSA) is 49.8 Å². The highest BCUT2D eigenvalue weighted by molar-refractivity contribution is 7.80. The molecule has 1 atom stereocenters. The molecule has 0 bridgehead atoms. The molecule has 1 N–H and O–H groups in total. The highest BCUT2D eigenvalue weighted by Gasteiger charge is 2.28. The monoisotopic (exact) mass is 301 g/mol. The maximum atomic E-state index is 11.9. The lowest BCUT2D eigenvalue weighted by molar-refractivity contribution is 0.0177. The molecule has 1 fully saturated rings. The second-order valence-corrected chi connectivity index (χ2v) is 7.01. The quantitative estimate of drug-likeness (QED) is 0.799. The first kappa shape index (κ1) is 17.2. The zero-order valence-electron chi connectivity index (χ0n) is 13.0. The van der Waals surface area contributed by atoms with Gasteiger partial charge < -0.3 is 14.7 Å². The van der Waals surface area contributed by atoms with Gasteiger partial charge in [0.2, 0.25) is 0 Å². The number of hydrogen-bond donors (Lipinski definition) is 1. The molecule has 1 rings (SSSR count). The molecule has 0 radical (unpaired) electrons. The molecule has 0 saturated carbocycles. The number of rotatable bonds is 4. The van der Waals surface area contributed by atoms with Gasteiger partial charge >= 0.3 is 6.09 Å². The molecule has 0 aromatic carbocycles. The van der Waals surface area contributed by atoms with Crippen LogP contribution in [0.15, 0.2) is 0 Å². The minimum absolute atomic E-state index is 0.114. The Kier molecular flexibility index (Phi) is 6.24. The van der Waals surface area contributed by atoms with E-state index in [0.29, 0.717) is 5.92 Å². The number of aliphatic hydroxyl groups is 1. The highest BCUT2D eigenvalue weighted by atomic mass is 32.1. The van der Waals surface area contributed by atoms with Crippen LogP contribution in [0.2, 0.25) is 0 Å². The van der Waals surface area contributed by atoms with Crippen LogP contribution < -0.4 is 0 Å². The Morgan fingerprint density at radius 2 is 1.95 bits per heavy atom. The van der Waals surface area contributed by atoms with Crippen LogP contribution in [0.1, 0.15) is 53.4 Å². The molecule has 0 aromatic heterocycles. The third kappa shape index (κ3) is 5.65. The van der Waals surface area contributed by atoms with Gasteiger partial charge in [-0.15, -0.1) is 0 Å². The van der Waals surface area contributed by atoms with Crippen molar-refractivity contribution >= 4 is 23.4 Å². The van der Waals surface area contributed by atoms with Crippen LogP contribution in [0, 0.1) is 11.8 Å². The minimum Gasteiger partial charge on any atom is -0.502 e. The predicted molar refractivity (Wildman–Crippen MR) is 84.2 cm³/mol. The number of carbonyl (C=O) groups is 1. The number of ether oxygens (including phenoxy) is 1. The summed E-state index contributed by atoms with van der Waals surface area (Å²) in [5, 5.41) is 9.58. The zero-order valence-corrected chi connectivity index (χ0v) is 13.8. The molecular formula is C15H27NO3S. The first-order chi connectivity index (χ1) is 9.23. The summed E-state index contributed by atoms with van der Waals surface area (Å²) in [6.07, 6.45) is 3.49. The van der Waals surface area contributed by atoms with Crippen molar-refractivity contribution in [2.24, 2.45) is 11.8 Å². The van der Waals surface area contributed by atoms with E-state index in [2.05, 4.69) is 0 Å². The number of thiocarbonyl (C=S) groups is 1. The third-order valence-electron chi connectivity index (χ3n) is 3.73. The maximum absolute atomic E-state index is 11.9. The van der Waals surface area contributed by atoms with Crippen LogP contribution in [0.25, 0.3) is 0 Å². The van der Waals surface area contributed by atoms with E-state index in [0.717, 1.165) is 38.8 Å². The molecule has 116 valence electrons. The highest BCUT2D eigenvalue weighted by Crippen LogP contribution is 2.27. The Labute approximate surface area is 127 Å². The molecule has 5 heteroatoms. The van der Waals surface area contributed by atoms with Crippen LogP contribution in [0.5, 0.6) is 0 Å². The zero-order chi connectivity index (χ0) is 15.3. The smallest absolute Gasteiger partial charge is 0.410 e. The minimum atomic E-state index is -0.440. The fraction of sp³-hybridized carbons (Fsp3) is 0.867. The number of piperidine rings is 1. The summed E-state index contributed by atoms with van der Waals surface area (Å²) < 4.78 is 5.38. The fourth-order valence-electron chi connectivity index (χ4n) is 2.52. The lowest BCUT2D eigenvalue weighted by Crippen LogP contribution is -2.42. The molecule has 1 aliphatic rings. The maximum Gasteiger partial charge on any atom is 0.410 e. The average Bonchev–Trinajstić information content (AvgIpc) is 2.34. The van der Waals surface area contributed by atoms with E-state index in [1.807, 2.05) is 27.7 Å².